The molecular weight excluding hydrogens is 314 g/mol. The summed E-state index contributed by atoms with van der Waals surface area (Å²) < 4.78 is 57.2. The highest BCUT2D eigenvalue weighted by Gasteiger charge is 2.46. The van der Waals surface area contributed by atoms with Crippen molar-refractivity contribution in [2.45, 2.75) is 30.9 Å². The molecule has 2 fully saturated rings. The van der Waals surface area contributed by atoms with Crippen LogP contribution in [0.5, 0.6) is 0 Å². The minimum absolute atomic E-state index is 0.152. The Balaban J connectivity index is 1.73. The molecule has 0 radical (unpaired) electrons. The van der Waals surface area contributed by atoms with Crippen LogP contribution < -0.4 is 5.32 Å². The largest absolute Gasteiger partial charge is 0.416 e. The number of carbonyl (C=O) groups excluding carboxylic acids is 1. The van der Waals surface area contributed by atoms with E-state index in [2.05, 4.69) is 5.32 Å². The third-order valence-electron chi connectivity index (χ3n) is 4.59. The molecule has 2 aliphatic rings. The van der Waals surface area contributed by atoms with Crippen LogP contribution in [-0.4, -0.2) is 25.7 Å². The summed E-state index contributed by atoms with van der Waals surface area (Å²) in [4.78, 5) is 12.0. The quantitative estimate of drug-likeness (QED) is 0.862. The first-order chi connectivity index (χ1) is 10.8. The number of rotatable bonds is 4. The predicted octanol–water partition coefficient (Wildman–Crippen LogP) is 3.03. The number of hydrogen-bond donors (Lipinski definition) is 1. The van der Waals surface area contributed by atoms with Crippen LogP contribution in [0.2, 0.25) is 0 Å². The van der Waals surface area contributed by atoms with Gasteiger partial charge in [0.25, 0.3) is 0 Å². The average Bonchev–Trinajstić information content (AvgIpc) is 3.07. The molecule has 1 N–H and O–H groups in total. The fourth-order valence-electron chi connectivity index (χ4n) is 2.92. The zero-order valence-corrected chi connectivity index (χ0v) is 12.4. The second-order valence-electron chi connectivity index (χ2n) is 6.28. The predicted molar refractivity (Wildman–Crippen MR) is 74.2 cm³/mol. The SMILES string of the molecule is O=C(NCC1(c2cc(F)cc(C(F)(F)F)c2)CC1)[C@@H]1CCOC1. The Hall–Kier alpha value is -1.63. The maximum absolute atomic E-state index is 13.6. The van der Waals surface area contributed by atoms with E-state index in [1.54, 1.807) is 0 Å². The van der Waals surface area contributed by atoms with Crippen LogP contribution in [0.25, 0.3) is 0 Å². The lowest BCUT2D eigenvalue weighted by Crippen LogP contribution is -2.36. The second-order valence-corrected chi connectivity index (χ2v) is 6.28. The Morgan fingerprint density at radius 1 is 1.30 bits per heavy atom. The van der Waals surface area contributed by atoms with Crippen molar-refractivity contribution >= 4 is 5.91 Å². The minimum atomic E-state index is -4.59. The zero-order valence-electron chi connectivity index (χ0n) is 12.4. The highest BCUT2D eigenvalue weighted by atomic mass is 19.4. The molecule has 1 aliphatic carbocycles. The van der Waals surface area contributed by atoms with Crippen molar-refractivity contribution in [2.24, 2.45) is 5.92 Å². The summed E-state index contributed by atoms with van der Waals surface area (Å²) >= 11 is 0. The maximum atomic E-state index is 13.6. The molecule has 1 aromatic rings. The van der Waals surface area contributed by atoms with E-state index < -0.39 is 23.0 Å². The van der Waals surface area contributed by atoms with Crippen molar-refractivity contribution in [2.75, 3.05) is 19.8 Å². The molecule has 3 rings (SSSR count). The Morgan fingerprint density at radius 3 is 2.61 bits per heavy atom. The van der Waals surface area contributed by atoms with E-state index in [0.29, 0.717) is 44.1 Å². The topological polar surface area (TPSA) is 38.3 Å². The van der Waals surface area contributed by atoms with Crippen molar-refractivity contribution in [3.63, 3.8) is 0 Å². The van der Waals surface area contributed by atoms with E-state index in [0.717, 1.165) is 12.1 Å². The van der Waals surface area contributed by atoms with E-state index in [9.17, 15) is 22.4 Å². The second kappa shape index (κ2) is 5.78. The van der Waals surface area contributed by atoms with Crippen LogP contribution in [0.3, 0.4) is 0 Å². The van der Waals surface area contributed by atoms with Crippen molar-refractivity contribution in [1.82, 2.24) is 5.32 Å². The molecule has 1 atom stereocenters. The lowest BCUT2D eigenvalue weighted by molar-refractivity contribution is -0.137. The van der Waals surface area contributed by atoms with Crippen molar-refractivity contribution in [1.29, 1.82) is 0 Å². The van der Waals surface area contributed by atoms with Crippen molar-refractivity contribution in [3.8, 4) is 0 Å². The van der Waals surface area contributed by atoms with Gasteiger partial charge in [-0.15, -0.1) is 0 Å². The van der Waals surface area contributed by atoms with E-state index in [1.165, 1.54) is 0 Å². The molecule has 126 valence electrons. The van der Waals surface area contributed by atoms with Gasteiger partial charge < -0.3 is 10.1 Å². The molecule has 1 saturated heterocycles. The lowest BCUT2D eigenvalue weighted by atomic mass is 9.93. The Bertz CT molecular complexity index is 605. The fourth-order valence-corrected chi connectivity index (χ4v) is 2.92. The molecule has 1 amide bonds. The first kappa shape index (κ1) is 16.2. The molecule has 0 unspecified atom stereocenters. The van der Waals surface area contributed by atoms with Crippen LogP contribution in [0, 0.1) is 11.7 Å². The highest BCUT2D eigenvalue weighted by molar-refractivity contribution is 5.79. The van der Waals surface area contributed by atoms with Crippen LogP contribution in [0.4, 0.5) is 17.6 Å². The van der Waals surface area contributed by atoms with E-state index >= 15 is 0 Å². The van der Waals surface area contributed by atoms with Gasteiger partial charge in [0.05, 0.1) is 18.1 Å². The standard InChI is InChI=1S/C16H17F4NO2/c17-13-6-11(5-12(7-13)16(18,19)20)15(2-3-15)9-21-14(22)10-1-4-23-8-10/h5-7,10H,1-4,8-9H2,(H,21,22)/t10-/m1/s1. The van der Waals surface area contributed by atoms with Gasteiger partial charge in [0.15, 0.2) is 0 Å². The smallest absolute Gasteiger partial charge is 0.381 e. The van der Waals surface area contributed by atoms with Gasteiger partial charge in [0, 0.05) is 18.6 Å². The number of hydrogen-bond acceptors (Lipinski definition) is 2. The molecule has 1 heterocycles. The van der Waals surface area contributed by atoms with Crippen LogP contribution >= 0.6 is 0 Å². The van der Waals surface area contributed by atoms with Crippen molar-refractivity contribution < 1.29 is 27.1 Å². The average molecular weight is 331 g/mol. The summed E-state index contributed by atoms with van der Waals surface area (Å²) in [6.07, 6.45) is -2.67. The van der Waals surface area contributed by atoms with E-state index in [4.69, 9.17) is 4.74 Å². The van der Waals surface area contributed by atoms with Gasteiger partial charge in [-0.25, -0.2) is 4.39 Å². The fraction of sp³-hybridized carbons (Fsp3) is 0.562. The molecule has 1 aliphatic heterocycles. The Kier molecular flexibility index (Phi) is 4.08. The number of nitrogens with one attached hydrogen (secondary N) is 1. The number of halogens is 4. The summed E-state index contributed by atoms with van der Waals surface area (Å²) in [6.45, 7) is 1.14. The van der Waals surface area contributed by atoms with Gasteiger partial charge in [0.2, 0.25) is 5.91 Å². The Labute approximate surface area is 131 Å². The van der Waals surface area contributed by atoms with Gasteiger partial charge in [-0.3, -0.25) is 4.79 Å². The summed E-state index contributed by atoms with van der Waals surface area (Å²) in [7, 11) is 0. The molecule has 3 nitrogen and oxygen atoms in total. The normalized spacial score (nSPS) is 22.9. The third-order valence-corrected chi connectivity index (χ3v) is 4.59. The first-order valence-electron chi connectivity index (χ1n) is 7.54. The highest BCUT2D eigenvalue weighted by Crippen LogP contribution is 2.49. The van der Waals surface area contributed by atoms with Gasteiger partial charge >= 0.3 is 6.18 Å². The summed E-state index contributed by atoms with van der Waals surface area (Å²) in [5.74, 6) is -1.26. The summed E-state index contributed by atoms with van der Waals surface area (Å²) in [5.41, 5.74) is -1.28. The van der Waals surface area contributed by atoms with Crippen molar-refractivity contribution in [3.05, 3.63) is 35.1 Å². The van der Waals surface area contributed by atoms with Gasteiger partial charge in [-0.2, -0.15) is 13.2 Å². The van der Waals surface area contributed by atoms with Crippen LogP contribution in [0.15, 0.2) is 18.2 Å². The van der Waals surface area contributed by atoms with Gasteiger partial charge in [0.1, 0.15) is 5.82 Å². The molecule has 1 saturated carbocycles. The molecule has 0 spiro atoms. The number of amides is 1. The lowest BCUT2D eigenvalue weighted by Gasteiger charge is -2.19. The molecule has 23 heavy (non-hydrogen) atoms. The third kappa shape index (κ3) is 3.49. The van der Waals surface area contributed by atoms with E-state index in [1.807, 2.05) is 0 Å². The molecule has 7 heteroatoms. The molecule has 0 bridgehead atoms. The van der Waals surface area contributed by atoms with Crippen LogP contribution in [-0.2, 0) is 21.1 Å². The Morgan fingerprint density at radius 2 is 2.04 bits per heavy atom. The van der Waals surface area contributed by atoms with Gasteiger partial charge in [-0.05, 0) is 43.0 Å². The zero-order chi connectivity index (χ0) is 16.7. The minimum Gasteiger partial charge on any atom is -0.381 e. The van der Waals surface area contributed by atoms with Crippen LogP contribution in [0.1, 0.15) is 30.4 Å². The number of benzene rings is 1. The first-order valence-corrected chi connectivity index (χ1v) is 7.54. The molecule has 0 aromatic heterocycles. The summed E-state index contributed by atoms with van der Waals surface area (Å²) in [5, 5.41) is 2.78. The number of carbonyl (C=O) groups is 1. The number of ether oxygens (including phenoxy) is 1. The number of alkyl halides is 3. The summed E-state index contributed by atoms with van der Waals surface area (Å²) in [6, 6.07) is 2.61. The molecule has 1 aromatic carbocycles. The molecular formula is C16H17F4NO2. The van der Waals surface area contributed by atoms with E-state index in [-0.39, 0.29) is 18.4 Å². The van der Waals surface area contributed by atoms with Gasteiger partial charge in [-0.1, -0.05) is 0 Å². The maximum Gasteiger partial charge on any atom is 0.416 e. The monoisotopic (exact) mass is 331 g/mol.